The second-order valence-electron chi connectivity index (χ2n) is 7.72. The highest BCUT2D eigenvalue weighted by molar-refractivity contribution is 5.78. The van der Waals surface area contributed by atoms with E-state index in [1.807, 2.05) is 29.0 Å². The number of carbonyl (C=O) groups excluding carboxylic acids is 1. The van der Waals surface area contributed by atoms with Gasteiger partial charge in [-0.1, -0.05) is 0 Å². The topological polar surface area (TPSA) is 65.9 Å². The summed E-state index contributed by atoms with van der Waals surface area (Å²) in [6.07, 6.45) is 5.52. The van der Waals surface area contributed by atoms with Crippen molar-refractivity contribution in [1.29, 1.82) is 0 Å². The fraction of sp³-hybridized carbons (Fsp3) is 0.684. The van der Waals surface area contributed by atoms with E-state index in [1.54, 1.807) is 19.5 Å². The fourth-order valence-electron chi connectivity index (χ4n) is 4.48. The Hall–Kier alpha value is -1.50. The van der Waals surface area contributed by atoms with E-state index in [9.17, 15) is 9.90 Å². The minimum absolute atomic E-state index is 0.152. The molecule has 2 fully saturated rings. The smallest absolute Gasteiger partial charge is 0.236 e. The molecule has 1 saturated heterocycles. The molecule has 25 heavy (non-hydrogen) atoms. The van der Waals surface area contributed by atoms with Crippen LogP contribution in [0, 0.1) is 5.41 Å². The number of ether oxygens (including phenoxy) is 1. The Morgan fingerprint density at radius 2 is 2.04 bits per heavy atom. The van der Waals surface area contributed by atoms with Crippen LogP contribution in [-0.4, -0.2) is 71.3 Å². The number of methoxy groups -OCH3 is 1. The van der Waals surface area contributed by atoms with Gasteiger partial charge in [-0.05, 0) is 44.5 Å². The molecule has 1 aromatic heterocycles. The van der Waals surface area contributed by atoms with E-state index >= 15 is 0 Å². The molecule has 1 aromatic rings. The maximum Gasteiger partial charge on any atom is 0.236 e. The molecule has 0 bridgehead atoms. The van der Waals surface area contributed by atoms with Crippen LogP contribution < -0.4 is 0 Å². The molecule has 6 heteroatoms. The zero-order valence-electron chi connectivity index (χ0n) is 15.4. The second kappa shape index (κ2) is 7.02. The number of nitrogens with zero attached hydrogens (tertiary/aromatic N) is 3. The van der Waals surface area contributed by atoms with Gasteiger partial charge in [0.05, 0.1) is 18.2 Å². The van der Waals surface area contributed by atoms with Crippen molar-refractivity contribution in [1.82, 2.24) is 14.8 Å². The van der Waals surface area contributed by atoms with Gasteiger partial charge in [0.1, 0.15) is 0 Å². The predicted octanol–water partition coefficient (Wildman–Crippen LogP) is 1.29. The van der Waals surface area contributed by atoms with E-state index < -0.39 is 0 Å². The molecule has 2 atom stereocenters. The number of amides is 1. The van der Waals surface area contributed by atoms with Crippen molar-refractivity contribution in [2.24, 2.45) is 5.41 Å². The lowest BCUT2D eigenvalue weighted by molar-refractivity contribution is -0.261. The highest BCUT2D eigenvalue weighted by atomic mass is 16.5. The van der Waals surface area contributed by atoms with Gasteiger partial charge in [0, 0.05) is 51.0 Å². The number of carbonyl (C=O) groups is 1. The number of aliphatic hydroxyl groups excluding tert-OH is 1. The Labute approximate surface area is 149 Å². The summed E-state index contributed by atoms with van der Waals surface area (Å²) in [4.78, 5) is 20.6. The molecule has 2 aliphatic rings. The van der Waals surface area contributed by atoms with E-state index in [0.717, 1.165) is 24.9 Å². The number of rotatable bonds is 5. The molecule has 138 valence electrons. The Morgan fingerprint density at radius 1 is 1.40 bits per heavy atom. The molecule has 2 heterocycles. The number of likely N-dealkylation sites (tertiary alicyclic amines) is 1. The number of piperidine rings is 1. The molecule has 1 N–H and O–H groups in total. The first-order valence-corrected chi connectivity index (χ1v) is 8.99. The van der Waals surface area contributed by atoms with Gasteiger partial charge in [-0.3, -0.25) is 14.7 Å². The van der Waals surface area contributed by atoms with Crippen LogP contribution in [0.5, 0.6) is 0 Å². The summed E-state index contributed by atoms with van der Waals surface area (Å²) in [6, 6.07) is 3.93. The SMILES string of the molecule is CO[C@@]1(C)C[C@@H](O)C12CCN(C(=O)CN(C)Cc1ccncc1)CC2. The van der Waals surface area contributed by atoms with Crippen LogP contribution in [0.3, 0.4) is 0 Å². The van der Waals surface area contributed by atoms with Crippen LogP contribution in [0.25, 0.3) is 0 Å². The number of aliphatic hydroxyl groups is 1. The van der Waals surface area contributed by atoms with Crippen LogP contribution in [0.15, 0.2) is 24.5 Å². The number of likely N-dealkylation sites (N-methyl/N-ethyl adjacent to an activating group) is 1. The minimum Gasteiger partial charge on any atom is -0.392 e. The van der Waals surface area contributed by atoms with E-state index in [-0.39, 0.29) is 23.0 Å². The molecule has 1 amide bonds. The number of aromatic nitrogens is 1. The van der Waals surface area contributed by atoms with Crippen molar-refractivity contribution in [3.05, 3.63) is 30.1 Å². The lowest BCUT2D eigenvalue weighted by atomic mass is 9.51. The van der Waals surface area contributed by atoms with Crippen LogP contribution >= 0.6 is 0 Å². The van der Waals surface area contributed by atoms with Crippen molar-refractivity contribution in [3.63, 3.8) is 0 Å². The summed E-state index contributed by atoms with van der Waals surface area (Å²) in [7, 11) is 3.68. The Kier molecular flexibility index (Phi) is 5.14. The van der Waals surface area contributed by atoms with Gasteiger partial charge >= 0.3 is 0 Å². The van der Waals surface area contributed by atoms with Crippen LogP contribution in [0.1, 0.15) is 31.7 Å². The van der Waals surface area contributed by atoms with Gasteiger partial charge in [-0.2, -0.15) is 0 Å². The van der Waals surface area contributed by atoms with Crippen LogP contribution in [-0.2, 0) is 16.1 Å². The molecule has 1 spiro atoms. The van der Waals surface area contributed by atoms with Crippen LogP contribution in [0.2, 0.25) is 0 Å². The lowest BCUT2D eigenvalue weighted by Crippen LogP contribution is -2.69. The van der Waals surface area contributed by atoms with Gasteiger partial charge < -0.3 is 14.7 Å². The Balaban J connectivity index is 1.52. The van der Waals surface area contributed by atoms with E-state index in [1.165, 1.54) is 0 Å². The first-order valence-electron chi connectivity index (χ1n) is 8.99. The zero-order chi connectivity index (χ0) is 18.1. The number of pyridine rings is 1. The molecule has 1 aliphatic heterocycles. The van der Waals surface area contributed by atoms with Gasteiger partial charge in [0.2, 0.25) is 5.91 Å². The maximum atomic E-state index is 12.6. The predicted molar refractivity (Wildman–Crippen MR) is 94.9 cm³/mol. The van der Waals surface area contributed by atoms with Gasteiger partial charge in [0.15, 0.2) is 0 Å². The molecule has 6 nitrogen and oxygen atoms in total. The third-order valence-corrected chi connectivity index (χ3v) is 6.34. The highest BCUT2D eigenvalue weighted by Crippen LogP contribution is 2.57. The monoisotopic (exact) mass is 347 g/mol. The molecular formula is C19H29N3O3. The number of hydrogen-bond donors (Lipinski definition) is 1. The van der Waals surface area contributed by atoms with E-state index in [0.29, 0.717) is 26.1 Å². The standard InChI is InChI=1S/C19H29N3O3/c1-18(25-3)12-16(23)19(18)6-10-22(11-7-19)17(24)14-21(2)13-15-4-8-20-9-5-15/h4-5,8-9,16,23H,6-7,10-14H2,1-3H3/t16-,18+/m1/s1. The van der Waals surface area contributed by atoms with Crippen molar-refractivity contribution >= 4 is 5.91 Å². The van der Waals surface area contributed by atoms with Crippen molar-refractivity contribution < 1.29 is 14.6 Å². The summed E-state index contributed by atoms with van der Waals surface area (Å²) in [5, 5.41) is 10.3. The molecule has 3 rings (SSSR count). The number of hydrogen-bond acceptors (Lipinski definition) is 5. The summed E-state index contributed by atoms with van der Waals surface area (Å²) in [5.41, 5.74) is 0.692. The molecule has 0 radical (unpaired) electrons. The Bertz CT molecular complexity index is 601. The molecule has 0 unspecified atom stereocenters. The first-order chi connectivity index (χ1) is 11.9. The second-order valence-corrected chi connectivity index (χ2v) is 7.72. The van der Waals surface area contributed by atoms with Crippen LogP contribution in [0.4, 0.5) is 0 Å². The lowest BCUT2D eigenvalue weighted by Gasteiger charge is -2.62. The molecule has 0 aromatic carbocycles. The quantitative estimate of drug-likeness (QED) is 0.869. The van der Waals surface area contributed by atoms with E-state index in [2.05, 4.69) is 11.9 Å². The molecule has 1 aliphatic carbocycles. The summed E-state index contributed by atoms with van der Waals surface area (Å²) in [6.45, 7) is 4.60. The van der Waals surface area contributed by atoms with Crippen molar-refractivity contribution in [2.75, 3.05) is 33.8 Å². The zero-order valence-corrected chi connectivity index (χ0v) is 15.4. The van der Waals surface area contributed by atoms with Crippen molar-refractivity contribution in [2.45, 2.75) is 44.4 Å². The highest BCUT2D eigenvalue weighted by Gasteiger charge is 2.63. The first kappa shape index (κ1) is 18.3. The van der Waals surface area contributed by atoms with Gasteiger partial charge in [0.25, 0.3) is 0 Å². The largest absolute Gasteiger partial charge is 0.392 e. The summed E-state index contributed by atoms with van der Waals surface area (Å²) in [5.74, 6) is 0.152. The van der Waals surface area contributed by atoms with E-state index in [4.69, 9.17) is 4.74 Å². The summed E-state index contributed by atoms with van der Waals surface area (Å²) >= 11 is 0. The summed E-state index contributed by atoms with van der Waals surface area (Å²) < 4.78 is 5.69. The Morgan fingerprint density at radius 3 is 2.60 bits per heavy atom. The average Bonchev–Trinajstić information content (AvgIpc) is 2.62. The fourth-order valence-corrected chi connectivity index (χ4v) is 4.48. The van der Waals surface area contributed by atoms with Crippen molar-refractivity contribution in [3.8, 4) is 0 Å². The molecular weight excluding hydrogens is 318 g/mol. The minimum atomic E-state index is -0.316. The third kappa shape index (κ3) is 3.30. The maximum absolute atomic E-state index is 12.6. The normalized spacial score (nSPS) is 28.2. The third-order valence-electron chi connectivity index (χ3n) is 6.34. The average molecular weight is 347 g/mol. The van der Waals surface area contributed by atoms with Gasteiger partial charge in [-0.25, -0.2) is 0 Å². The van der Waals surface area contributed by atoms with Gasteiger partial charge in [-0.15, -0.1) is 0 Å². The molecule has 1 saturated carbocycles.